The van der Waals surface area contributed by atoms with Crippen LogP contribution in [-0.4, -0.2) is 31.2 Å². The molecule has 0 spiro atoms. The van der Waals surface area contributed by atoms with Crippen molar-refractivity contribution in [3.63, 3.8) is 0 Å². The van der Waals surface area contributed by atoms with Gasteiger partial charge in [-0.2, -0.15) is 0 Å². The van der Waals surface area contributed by atoms with Crippen molar-refractivity contribution in [3.8, 4) is 0 Å². The molecule has 3 heteroatoms. The fourth-order valence-corrected chi connectivity index (χ4v) is 1.23. The predicted molar refractivity (Wildman–Crippen MR) is 49.6 cm³/mol. The minimum absolute atomic E-state index is 0.115. The average molecular weight is 186 g/mol. The molecule has 0 aromatic rings. The molecule has 13 heavy (non-hydrogen) atoms. The van der Waals surface area contributed by atoms with E-state index in [2.05, 4.69) is 0 Å². The van der Waals surface area contributed by atoms with Crippen molar-refractivity contribution >= 4 is 5.78 Å². The molecule has 2 unspecified atom stereocenters. The van der Waals surface area contributed by atoms with Gasteiger partial charge >= 0.3 is 0 Å². The van der Waals surface area contributed by atoms with Crippen LogP contribution >= 0.6 is 0 Å². The summed E-state index contributed by atoms with van der Waals surface area (Å²) in [7, 11) is 0. The molecule has 76 valence electrons. The summed E-state index contributed by atoms with van der Waals surface area (Å²) in [5.41, 5.74) is -0.339. The van der Waals surface area contributed by atoms with Crippen molar-refractivity contribution in [2.24, 2.45) is 5.41 Å². The minimum Gasteiger partial charge on any atom is -0.373 e. The predicted octanol–water partition coefficient (Wildman–Crippen LogP) is 1.41. The van der Waals surface area contributed by atoms with Crippen LogP contribution in [0.4, 0.5) is 0 Å². The molecule has 3 nitrogen and oxygen atoms in total. The Morgan fingerprint density at radius 2 is 1.85 bits per heavy atom. The summed E-state index contributed by atoms with van der Waals surface area (Å²) in [6.45, 7) is 8.56. The summed E-state index contributed by atoms with van der Waals surface area (Å²) in [4.78, 5) is 11.7. The maximum Gasteiger partial charge on any atom is 0.169 e. The summed E-state index contributed by atoms with van der Waals surface area (Å²) >= 11 is 0. The van der Waals surface area contributed by atoms with E-state index in [1.54, 1.807) is 0 Å². The van der Waals surface area contributed by atoms with Gasteiger partial charge in [0.05, 0.1) is 19.3 Å². The molecular formula is C10H18O3. The molecule has 0 N–H and O–H groups in total. The Morgan fingerprint density at radius 1 is 1.23 bits per heavy atom. The maximum absolute atomic E-state index is 11.7. The lowest BCUT2D eigenvalue weighted by molar-refractivity contribution is -0.162. The molecular weight excluding hydrogens is 168 g/mol. The maximum atomic E-state index is 11.7. The number of carbonyl (C=O) groups excluding carboxylic acids is 1. The van der Waals surface area contributed by atoms with Crippen molar-refractivity contribution in [3.05, 3.63) is 0 Å². The number of rotatable bonds is 1. The van der Waals surface area contributed by atoms with E-state index in [0.717, 1.165) is 0 Å². The van der Waals surface area contributed by atoms with Gasteiger partial charge in [0.2, 0.25) is 0 Å². The highest BCUT2D eigenvalue weighted by Gasteiger charge is 2.33. The van der Waals surface area contributed by atoms with Crippen LogP contribution < -0.4 is 0 Å². The number of hydrogen-bond donors (Lipinski definition) is 0. The van der Waals surface area contributed by atoms with Crippen LogP contribution in [0, 0.1) is 5.41 Å². The topological polar surface area (TPSA) is 35.5 Å². The SMILES string of the molecule is CC1COC(C(=O)C(C)(C)C)CO1. The molecule has 0 aromatic carbocycles. The molecule has 0 amide bonds. The molecule has 1 aliphatic rings. The van der Waals surface area contributed by atoms with Gasteiger partial charge < -0.3 is 9.47 Å². The fourth-order valence-electron chi connectivity index (χ4n) is 1.23. The zero-order chi connectivity index (χ0) is 10.1. The lowest BCUT2D eigenvalue weighted by Gasteiger charge is -2.30. The smallest absolute Gasteiger partial charge is 0.169 e. The van der Waals surface area contributed by atoms with E-state index in [0.29, 0.717) is 13.2 Å². The van der Waals surface area contributed by atoms with E-state index in [1.165, 1.54) is 0 Å². The molecule has 0 aliphatic carbocycles. The van der Waals surface area contributed by atoms with Crippen LogP contribution in [0.15, 0.2) is 0 Å². The molecule has 0 bridgehead atoms. The number of ketones is 1. The minimum atomic E-state index is -0.365. The Labute approximate surface area is 79.4 Å². The van der Waals surface area contributed by atoms with Gasteiger partial charge in [0.15, 0.2) is 5.78 Å². The molecule has 1 aliphatic heterocycles. The molecule has 1 fully saturated rings. The van der Waals surface area contributed by atoms with Crippen molar-refractivity contribution in [2.45, 2.75) is 39.9 Å². The van der Waals surface area contributed by atoms with Crippen molar-refractivity contribution < 1.29 is 14.3 Å². The van der Waals surface area contributed by atoms with E-state index >= 15 is 0 Å². The summed E-state index contributed by atoms with van der Waals surface area (Å²) in [6.07, 6.45) is -0.250. The van der Waals surface area contributed by atoms with Crippen LogP contribution in [0.25, 0.3) is 0 Å². The Kier molecular flexibility index (Phi) is 3.09. The number of carbonyl (C=O) groups is 1. The summed E-state index contributed by atoms with van der Waals surface area (Å²) in [5.74, 6) is 0.124. The molecule has 2 atom stereocenters. The second-order valence-electron chi connectivity index (χ2n) is 4.58. The van der Waals surface area contributed by atoms with Crippen LogP contribution in [0.2, 0.25) is 0 Å². The van der Waals surface area contributed by atoms with Gasteiger partial charge in [-0.1, -0.05) is 20.8 Å². The van der Waals surface area contributed by atoms with Gasteiger partial charge in [-0.3, -0.25) is 4.79 Å². The molecule has 1 heterocycles. The Morgan fingerprint density at radius 3 is 2.23 bits per heavy atom. The van der Waals surface area contributed by atoms with Crippen LogP contribution in [0.3, 0.4) is 0 Å². The van der Waals surface area contributed by atoms with Gasteiger partial charge in [0.25, 0.3) is 0 Å². The normalized spacial score (nSPS) is 30.2. The third-order valence-electron chi connectivity index (χ3n) is 2.10. The Hall–Kier alpha value is -0.410. The quantitative estimate of drug-likeness (QED) is 0.621. The van der Waals surface area contributed by atoms with Crippen LogP contribution in [-0.2, 0) is 14.3 Å². The molecule has 0 aromatic heterocycles. The van der Waals surface area contributed by atoms with Gasteiger partial charge in [-0.25, -0.2) is 0 Å². The summed E-state index contributed by atoms with van der Waals surface area (Å²) in [6, 6.07) is 0. The number of Topliss-reactive ketones (excluding diaryl/α,β-unsaturated/α-hetero) is 1. The van der Waals surface area contributed by atoms with E-state index in [-0.39, 0.29) is 23.4 Å². The summed E-state index contributed by atoms with van der Waals surface area (Å²) in [5, 5.41) is 0. The lowest BCUT2D eigenvalue weighted by atomic mass is 9.87. The molecule has 1 saturated heterocycles. The highest BCUT2D eigenvalue weighted by Crippen LogP contribution is 2.20. The largest absolute Gasteiger partial charge is 0.373 e. The van der Waals surface area contributed by atoms with E-state index < -0.39 is 0 Å². The fraction of sp³-hybridized carbons (Fsp3) is 0.900. The first-order chi connectivity index (χ1) is 5.91. The van der Waals surface area contributed by atoms with E-state index in [4.69, 9.17) is 9.47 Å². The van der Waals surface area contributed by atoms with Crippen molar-refractivity contribution in [2.75, 3.05) is 13.2 Å². The van der Waals surface area contributed by atoms with Gasteiger partial charge in [-0.05, 0) is 6.92 Å². The average Bonchev–Trinajstić information content (AvgIpc) is 2.03. The van der Waals surface area contributed by atoms with Gasteiger partial charge in [0.1, 0.15) is 6.10 Å². The first-order valence-electron chi connectivity index (χ1n) is 4.69. The zero-order valence-corrected chi connectivity index (χ0v) is 8.79. The first kappa shape index (κ1) is 10.7. The van der Waals surface area contributed by atoms with Gasteiger partial charge in [-0.15, -0.1) is 0 Å². The lowest BCUT2D eigenvalue weighted by Crippen LogP contribution is -2.43. The van der Waals surface area contributed by atoms with E-state index in [1.807, 2.05) is 27.7 Å². The highest BCUT2D eigenvalue weighted by atomic mass is 16.6. The molecule has 0 saturated carbocycles. The van der Waals surface area contributed by atoms with Crippen molar-refractivity contribution in [1.29, 1.82) is 0 Å². The monoisotopic (exact) mass is 186 g/mol. The summed E-state index contributed by atoms with van der Waals surface area (Å²) < 4.78 is 10.8. The highest BCUT2D eigenvalue weighted by molar-refractivity contribution is 5.88. The van der Waals surface area contributed by atoms with Crippen LogP contribution in [0.1, 0.15) is 27.7 Å². The second kappa shape index (κ2) is 3.76. The number of hydrogen-bond acceptors (Lipinski definition) is 3. The Balaban J connectivity index is 2.50. The molecule has 0 radical (unpaired) electrons. The van der Waals surface area contributed by atoms with E-state index in [9.17, 15) is 4.79 Å². The first-order valence-corrected chi connectivity index (χ1v) is 4.69. The molecule has 1 rings (SSSR count). The third kappa shape index (κ3) is 2.78. The second-order valence-corrected chi connectivity index (χ2v) is 4.58. The number of ether oxygens (including phenoxy) is 2. The standard InChI is InChI=1S/C10H18O3/c1-7-5-13-8(6-12-7)9(11)10(2,3)4/h7-8H,5-6H2,1-4H3. The van der Waals surface area contributed by atoms with Crippen LogP contribution in [0.5, 0.6) is 0 Å². The van der Waals surface area contributed by atoms with Crippen molar-refractivity contribution in [1.82, 2.24) is 0 Å². The third-order valence-corrected chi connectivity index (χ3v) is 2.10. The zero-order valence-electron chi connectivity index (χ0n) is 8.79. The van der Waals surface area contributed by atoms with Gasteiger partial charge in [0, 0.05) is 5.41 Å². The Bertz CT molecular complexity index is 185.